The van der Waals surface area contributed by atoms with E-state index in [0.717, 1.165) is 61.2 Å². The van der Waals surface area contributed by atoms with E-state index in [4.69, 9.17) is 14.2 Å². The largest absolute Gasteiger partial charge is 0.496 e. The van der Waals surface area contributed by atoms with Crippen molar-refractivity contribution in [2.24, 2.45) is 5.10 Å². The highest BCUT2D eigenvalue weighted by Gasteiger charge is 2.14. The number of nitrogens with one attached hydrogen (secondary N) is 1. The number of amides is 1. The first-order valence-electron chi connectivity index (χ1n) is 10.2. The highest BCUT2D eigenvalue weighted by Crippen LogP contribution is 2.22. The van der Waals surface area contributed by atoms with E-state index in [1.807, 2.05) is 26.0 Å². The first-order valence-corrected chi connectivity index (χ1v) is 10.2. The van der Waals surface area contributed by atoms with Crippen LogP contribution in [0.4, 0.5) is 0 Å². The summed E-state index contributed by atoms with van der Waals surface area (Å²) in [7, 11) is 1.68. The van der Waals surface area contributed by atoms with Crippen LogP contribution in [-0.4, -0.2) is 56.5 Å². The predicted molar refractivity (Wildman–Crippen MR) is 116 cm³/mol. The minimum Gasteiger partial charge on any atom is -0.496 e. The first-order chi connectivity index (χ1) is 14.6. The van der Waals surface area contributed by atoms with E-state index in [9.17, 15) is 4.79 Å². The zero-order valence-electron chi connectivity index (χ0n) is 17.8. The van der Waals surface area contributed by atoms with Crippen LogP contribution in [0.1, 0.15) is 35.3 Å². The van der Waals surface area contributed by atoms with Gasteiger partial charge in [-0.2, -0.15) is 5.10 Å². The monoisotopic (exact) mass is 411 g/mol. The summed E-state index contributed by atoms with van der Waals surface area (Å²) in [5.74, 6) is 1.32. The lowest BCUT2D eigenvalue weighted by atomic mass is 10.1. The average molecular weight is 412 g/mol. The molecule has 30 heavy (non-hydrogen) atoms. The van der Waals surface area contributed by atoms with Crippen LogP contribution in [0.3, 0.4) is 0 Å². The zero-order chi connectivity index (χ0) is 21.3. The Morgan fingerprint density at radius 2 is 1.83 bits per heavy atom. The van der Waals surface area contributed by atoms with Crippen LogP contribution in [0, 0.1) is 0 Å². The number of nitrogens with zero attached hydrogens (tertiary/aromatic N) is 2. The summed E-state index contributed by atoms with van der Waals surface area (Å²) < 4.78 is 16.4. The number of morpholine rings is 1. The molecule has 0 aliphatic carbocycles. The summed E-state index contributed by atoms with van der Waals surface area (Å²) in [6.45, 7) is 8.47. The Bertz CT molecular complexity index is 875. The van der Waals surface area contributed by atoms with E-state index in [0.29, 0.717) is 12.2 Å². The van der Waals surface area contributed by atoms with E-state index in [1.165, 1.54) is 0 Å². The molecule has 1 aliphatic heterocycles. The van der Waals surface area contributed by atoms with Crippen LogP contribution in [0.25, 0.3) is 0 Å². The van der Waals surface area contributed by atoms with Crippen LogP contribution in [0.2, 0.25) is 0 Å². The number of carbonyl (C=O) groups is 1. The molecule has 0 aromatic heterocycles. The fourth-order valence-corrected chi connectivity index (χ4v) is 3.26. The Morgan fingerprint density at radius 3 is 2.50 bits per heavy atom. The van der Waals surface area contributed by atoms with Gasteiger partial charge in [0.2, 0.25) is 0 Å². The van der Waals surface area contributed by atoms with Gasteiger partial charge in [-0.3, -0.25) is 9.69 Å². The maximum Gasteiger partial charge on any atom is 0.271 e. The van der Waals surface area contributed by atoms with Crippen molar-refractivity contribution in [3.05, 3.63) is 59.2 Å². The number of rotatable bonds is 8. The molecule has 2 aromatic rings. The van der Waals surface area contributed by atoms with Crippen molar-refractivity contribution in [2.75, 3.05) is 40.0 Å². The maximum absolute atomic E-state index is 12.4. The summed E-state index contributed by atoms with van der Waals surface area (Å²) >= 11 is 0. The van der Waals surface area contributed by atoms with Crippen molar-refractivity contribution in [2.45, 2.75) is 20.4 Å². The van der Waals surface area contributed by atoms with Crippen LogP contribution >= 0.6 is 0 Å². The molecule has 1 saturated heterocycles. The Kier molecular flexibility index (Phi) is 7.82. The third-order valence-electron chi connectivity index (χ3n) is 4.95. The highest BCUT2D eigenvalue weighted by atomic mass is 16.5. The molecule has 2 aromatic carbocycles. The third kappa shape index (κ3) is 5.81. The smallest absolute Gasteiger partial charge is 0.271 e. The molecule has 0 bridgehead atoms. The van der Waals surface area contributed by atoms with Gasteiger partial charge in [-0.15, -0.1) is 0 Å². The minimum absolute atomic E-state index is 0.264. The summed E-state index contributed by atoms with van der Waals surface area (Å²) in [5, 5.41) is 4.28. The van der Waals surface area contributed by atoms with Crippen LogP contribution in [0.5, 0.6) is 11.5 Å². The molecule has 7 heteroatoms. The molecular weight excluding hydrogens is 382 g/mol. The van der Waals surface area contributed by atoms with E-state index in [1.54, 1.807) is 31.4 Å². The van der Waals surface area contributed by atoms with Crippen molar-refractivity contribution >= 4 is 11.6 Å². The average Bonchev–Trinajstić information content (AvgIpc) is 2.78. The van der Waals surface area contributed by atoms with Gasteiger partial charge in [-0.1, -0.05) is 0 Å². The fourth-order valence-electron chi connectivity index (χ4n) is 3.26. The molecule has 3 rings (SSSR count). The van der Waals surface area contributed by atoms with Gasteiger partial charge in [0.05, 0.1) is 32.6 Å². The summed E-state index contributed by atoms with van der Waals surface area (Å²) in [5.41, 5.74) is 5.90. The molecule has 1 heterocycles. The number of hydrogen-bond donors (Lipinski definition) is 1. The number of carbonyl (C=O) groups excluding carboxylic acids is 1. The van der Waals surface area contributed by atoms with E-state index in [-0.39, 0.29) is 5.91 Å². The second kappa shape index (κ2) is 10.8. The maximum atomic E-state index is 12.4. The Balaban J connectivity index is 1.68. The van der Waals surface area contributed by atoms with Crippen LogP contribution in [-0.2, 0) is 11.3 Å². The van der Waals surface area contributed by atoms with Gasteiger partial charge in [0.1, 0.15) is 11.5 Å². The van der Waals surface area contributed by atoms with Crippen molar-refractivity contribution in [1.82, 2.24) is 10.3 Å². The molecular formula is C23H29N3O4. The molecule has 0 atom stereocenters. The van der Waals surface area contributed by atoms with Gasteiger partial charge in [-0.25, -0.2) is 5.43 Å². The molecule has 7 nitrogen and oxygen atoms in total. The molecule has 0 saturated carbocycles. The van der Waals surface area contributed by atoms with Gasteiger partial charge in [0.15, 0.2) is 0 Å². The standard InChI is InChI=1S/C23H29N3O4/c1-4-30-21-8-5-18(6-9-21)23(27)25-24-17(2)19-7-10-22(28-3)20(15-19)16-26-11-13-29-14-12-26/h5-10,15H,4,11-14,16H2,1-3H3,(H,25,27)/b24-17-. The molecule has 0 spiro atoms. The molecule has 1 amide bonds. The van der Waals surface area contributed by atoms with E-state index >= 15 is 0 Å². The second-order valence-corrected chi connectivity index (χ2v) is 7.01. The normalized spacial score (nSPS) is 15.0. The van der Waals surface area contributed by atoms with Gasteiger partial charge >= 0.3 is 0 Å². The quantitative estimate of drug-likeness (QED) is 0.534. The van der Waals surface area contributed by atoms with Crippen molar-refractivity contribution in [3.8, 4) is 11.5 Å². The third-order valence-corrected chi connectivity index (χ3v) is 4.95. The van der Waals surface area contributed by atoms with Crippen molar-refractivity contribution < 1.29 is 19.0 Å². The summed E-state index contributed by atoms with van der Waals surface area (Å²) in [6, 6.07) is 12.9. The van der Waals surface area contributed by atoms with Gasteiger partial charge in [-0.05, 0) is 61.9 Å². The Hall–Kier alpha value is -2.90. The molecule has 1 fully saturated rings. The lowest BCUT2D eigenvalue weighted by Crippen LogP contribution is -2.35. The Labute approximate surface area is 177 Å². The molecule has 1 aliphatic rings. The fraction of sp³-hybridized carbons (Fsp3) is 0.391. The van der Waals surface area contributed by atoms with Crippen LogP contribution < -0.4 is 14.9 Å². The summed E-state index contributed by atoms with van der Waals surface area (Å²) in [4.78, 5) is 14.7. The van der Waals surface area contributed by atoms with Crippen LogP contribution in [0.15, 0.2) is 47.6 Å². The lowest BCUT2D eigenvalue weighted by molar-refractivity contribution is 0.0339. The first kappa shape index (κ1) is 21.8. The molecule has 0 radical (unpaired) electrons. The lowest BCUT2D eigenvalue weighted by Gasteiger charge is -2.27. The van der Waals surface area contributed by atoms with Gasteiger partial charge in [0.25, 0.3) is 5.91 Å². The topological polar surface area (TPSA) is 72.4 Å². The Morgan fingerprint density at radius 1 is 1.13 bits per heavy atom. The highest BCUT2D eigenvalue weighted by molar-refractivity contribution is 6.01. The molecule has 1 N–H and O–H groups in total. The zero-order valence-corrected chi connectivity index (χ0v) is 17.8. The van der Waals surface area contributed by atoms with E-state index < -0.39 is 0 Å². The SMILES string of the molecule is CCOc1ccc(C(=O)N/N=C(/C)c2ccc(OC)c(CN3CCOCC3)c2)cc1. The van der Waals surface area contributed by atoms with Gasteiger partial charge in [0, 0.05) is 30.8 Å². The second-order valence-electron chi connectivity index (χ2n) is 7.01. The number of benzene rings is 2. The predicted octanol–water partition coefficient (Wildman–Crippen LogP) is 3.08. The van der Waals surface area contributed by atoms with Gasteiger partial charge < -0.3 is 14.2 Å². The van der Waals surface area contributed by atoms with Crippen molar-refractivity contribution in [3.63, 3.8) is 0 Å². The number of hydrogen-bond acceptors (Lipinski definition) is 6. The number of hydrazone groups is 1. The van der Waals surface area contributed by atoms with Crippen molar-refractivity contribution in [1.29, 1.82) is 0 Å². The number of ether oxygens (including phenoxy) is 3. The minimum atomic E-state index is -0.264. The van der Waals surface area contributed by atoms with E-state index in [2.05, 4.69) is 21.5 Å². The molecule has 0 unspecified atom stereocenters. The number of methoxy groups -OCH3 is 1. The summed E-state index contributed by atoms with van der Waals surface area (Å²) in [6.07, 6.45) is 0. The molecule has 160 valence electrons.